The summed E-state index contributed by atoms with van der Waals surface area (Å²) in [7, 11) is 1.71. The Morgan fingerprint density at radius 2 is 1.86 bits per heavy atom. The Balaban J connectivity index is 0.00000280. The zero-order valence-corrected chi connectivity index (χ0v) is 19.7. The van der Waals surface area contributed by atoms with E-state index in [0.717, 1.165) is 76.4 Å². The quantitative estimate of drug-likeness (QED) is 0.281. The van der Waals surface area contributed by atoms with Gasteiger partial charge in [-0.3, -0.25) is 9.89 Å². The summed E-state index contributed by atoms with van der Waals surface area (Å²) in [6, 6.07) is 8.36. The van der Waals surface area contributed by atoms with Gasteiger partial charge in [-0.05, 0) is 49.4 Å². The summed E-state index contributed by atoms with van der Waals surface area (Å²) in [5.74, 6) is 2.39. The molecule has 1 aromatic rings. The number of halogens is 1. The van der Waals surface area contributed by atoms with E-state index in [2.05, 4.69) is 38.7 Å². The van der Waals surface area contributed by atoms with Crippen molar-refractivity contribution < 1.29 is 4.74 Å². The molecule has 2 N–H and O–H groups in total. The molecule has 2 fully saturated rings. The molecule has 7 heteroatoms. The number of piperidine rings is 1. The zero-order valence-electron chi connectivity index (χ0n) is 17.3. The van der Waals surface area contributed by atoms with Crippen molar-refractivity contribution >= 4 is 35.6 Å². The van der Waals surface area contributed by atoms with Gasteiger partial charge in [0.15, 0.2) is 5.96 Å². The molecule has 3 rings (SSSR count). The Kier molecular flexibility index (Phi) is 9.64. The van der Waals surface area contributed by atoms with Crippen LogP contribution in [-0.2, 0) is 0 Å². The van der Waals surface area contributed by atoms with Gasteiger partial charge in [0.2, 0.25) is 0 Å². The second kappa shape index (κ2) is 11.7. The van der Waals surface area contributed by atoms with Gasteiger partial charge in [0, 0.05) is 58.0 Å². The number of guanidine groups is 1. The van der Waals surface area contributed by atoms with E-state index in [4.69, 9.17) is 10.5 Å². The first-order valence-corrected chi connectivity index (χ1v) is 10.3. The molecule has 0 aliphatic carbocycles. The SMILES string of the molecule is COc1ccc(N2CCN(CCCN=C(N)N3CCCC(C)C3)CC2)cc1.I. The maximum Gasteiger partial charge on any atom is 0.191 e. The van der Waals surface area contributed by atoms with Crippen LogP contribution >= 0.6 is 24.0 Å². The second-order valence-corrected chi connectivity index (χ2v) is 7.81. The highest BCUT2D eigenvalue weighted by atomic mass is 127. The molecule has 0 spiro atoms. The fourth-order valence-electron chi connectivity index (χ4n) is 4.01. The third-order valence-corrected chi connectivity index (χ3v) is 5.70. The molecule has 2 saturated heterocycles. The lowest BCUT2D eigenvalue weighted by molar-refractivity contribution is 0.255. The van der Waals surface area contributed by atoms with Gasteiger partial charge in [0.05, 0.1) is 7.11 Å². The third-order valence-electron chi connectivity index (χ3n) is 5.70. The van der Waals surface area contributed by atoms with Crippen LogP contribution in [0.25, 0.3) is 0 Å². The van der Waals surface area contributed by atoms with Crippen molar-refractivity contribution in [3.63, 3.8) is 0 Å². The van der Waals surface area contributed by atoms with E-state index >= 15 is 0 Å². The highest BCUT2D eigenvalue weighted by Crippen LogP contribution is 2.20. The Bertz CT molecular complexity index is 601. The predicted molar refractivity (Wildman–Crippen MR) is 128 cm³/mol. The number of hydrogen-bond acceptors (Lipinski definition) is 4. The minimum atomic E-state index is 0. The number of hydrogen-bond donors (Lipinski definition) is 1. The molecular formula is C21H36IN5O. The van der Waals surface area contributed by atoms with E-state index in [1.54, 1.807) is 7.11 Å². The second-order valence-electron chi connectivity index (χ2n) is 7.81. The number of rotatable bonds is 6. The van der Waals surface area contributed by atoms with E-state index in [-0.39, 0.29) is 24.0 Å². The van der Waals surface area contributed by atoms with E-state index in [1.165, 1.54) is 18.5 Å². The Hall–Kier alpha value is -1.22. The molecule has 0 bridgehead atoms. The van der Waals surface area contributed by atoms with Crippen LogP contribution in [0.4, 0.5) is 5.69 Å². The first kappa shape index (κ1) is 23.1. The van der Waals surface area contributed by atoms with Crippen LogP contribution in [0, 0.1) is 5.92 Å². The molecule has 1 unspecified atom stereocenters. The highest BCUT2D eigenvalue weighted by Gasteiger charge is 2.18. The van der Waals surface area contributed by atoms with Gasteiger partial charge < -0.3 is 20.3 Å². The number of aliphatic imine (C=N–C) groups is 1. The molecule has 0 aromatic heterocycles. The fourth-order valence-corrected chi connectivity index (χ4v) is 4.01. The average molecular weight is 501 g/mol. The minimum Gasteiger partial charge on any atom is -0.497 e. The zero-order chi connectivity index (χ0) is 19.1. The van der Waals surface area contributed by atoms with Crippen LogP contribution < -0.4 is 15.4 Å². The summed E-state index contributed by atoms with van der Waals surface area (Å²) in [6.07, 6.45) is 3.62. The molecule has 1 aromatic carbocycles. The summed E-state index contributed by atoms with van der Waals surface area (Å²) < 4.78 is 5.24. The van der Waals surface area contributed by atoms with Gasteiger partial charge in [0.25, 0.3) is 0 Å². The van der Waals surface area contributed by atoms with Crippen LogP contribution in [0.2, 0.25) is 0 Å². The van der Waals surface area contributed by atoms with Gasteiger partial charge in [-0.2, -0.15) is 0 Å². The summed E-state index contributed by atoms with van der Waals surface area (Å²) in [6.45, 7) is 10.7. The molecule has 0 saturated carbocycles. The molecular weight excluding hydrogens is 465 g/mol. The van der Waals surface area contributed by atoms with Crippen molar-refractivity contribution in [2.45, 2.75) is 26.2 Å². The molecule has 1 atom stereocenters. The minimum absolute atomic E-state index is 0. The Morgan fingerprint density at radius 3 is 2.50 bits per heavy atom. The Labute approximate surface area is 187 Å². The molecule has 2 aliphatic rings. The monoisotopic (exact) mass is 501 g/mol. The average Bonchev–Trinajstić information content (AvgIpc) is 2.71. The normalized spacial score (nSPS) is 21.4. The summed E-state index contributed by atoms with van der Waals surface area (Å²) in [5.41, 5.74) is 7.46. The number of nitrogens with two attached hydrogens (primary N) is 1. The highest BCUT2D eigenvalue weighted by molar-refractivity contribution is 14.0. The van der Waals surface area contributed by atoms with Gasteiger partial charge in [0.1, 0.15) is 5.75 Å². The number of piperazine rings is 1. The largest absolute Gasteiger partial charge is 0.497 e. The van der Waals surface area contributed by atoms with Crippen LogP contribution in [0.1, 0.15) is 26.2 Å². The third kappa shape index (κ3) is 6.69. The predicted octanol–water partition coefficient (Wildman–Crippen LogP) is 2.87. The molecule has 0 amide bonds. The van der Waals surface area contributed by atoms with Crippen LogP contribution in [0.15, 0.2) is 29.3 Å². The van der Waals surface area contributed by atoms with Gasteiger partial charge in [-0.15, -0.1) is 24.0 Å². The summed E-state index contributed by atoms with van der Waals surface area (Å²) in [5, 5.41) is 0. The number of nitrogens with zero attached hydrogens (tertiary/aromatic N) is 4. The Morgan fingerprint density at radius 1 is 1.14 bits per heavy atom. The van der Waals surface area contributed by atoms with Crippen molar-refractivity contribution in [1.82, 2.24) is 9.80 Å². The maximum absolute atomic E-state index is 6.18. The van der Waals surface area contributed by atoms with E-state index in [1.807, 2.05) is 12.1 Å². The maximum atomic E-state index is 6.18. The number of benzene rings is 1. The van der Waals surface area contributed by atoms with Gasteiger partial charge in [-0.25, -0.2) is 0 Å². The van der Waals surface area contributed by atoms with Crippen molar-refractivity contribution in [1.29, 1.82) is 0 Å². The molecule has 6 nitrogen and oxygen atoms in total. The summed E-state index contributed by atoms with van der Waals surface area (Å²) >= 11 is 0. The molecule has 2 aliphatic heterocycles. The molecule has 2 heterocycles. The first-order valence-electron chi connectivity index (χ1n) is 10.3. The number of ether oxygens (including phenoxy) is 1. The summed E-state index contributed by atoms with van der Waals surface area (Å²) in [4.78, 5) is 11.9. The molecule has 158 valence electrons. The molecule has 0 radical (unpaired) electrons. The van der Waals surface area contributed by atoms with Crippen LogP contribution in [0.5, 0.6) is 5.75 Å². The van der Waals surface area contributed by atoms with E-state index < -0.39 is 0 Å². The lowest BCUT2D eigenvalue weighted by atomic mass is 10.0. The van der Waals surface area contributed by atoms with Gasteiger partial charge in [-0.1, -0.05) is 6.92 Å². The van der Waals surface area contributed by atoms with Crippen LogP contribution in [-0.4, -0.2) is 75.2 Å². The number of anilines is 1. The topological polar surface area (TPSA) is 57.3 Å². The molecule has 28 heavy (non-hydrogen) atoms. The lowest BCUT2D eigenvalue weighted by Crippen LogP contribution is -2.46. The first-order chi connectivity index (χ1) is 13.2. The van der Waals surface area contributed by atoms with Crippen molar-refractivity contribution in [2.75, 3.05) is 64.4 Å². The standard InChI is InChI=1S/C21H35N5O.HI/c1-18-5-3-12-26(17-18)21(22)23-10-4-11-24-13-15-25(16-14-24)19-6-8-20(27-2)9-7-19;/h6-9,18H,3-5,10-17H2,1-2H3,(H2,22,23);1H. The fraction of sp³-hybridized carbons (Fsp3) is 0.667. The van der Waals surface area contributed by atoms with Gasteiger partial charge >= 0.3 is 0 Å². The lowest BCUT2D eigenvalue weighted by Gasteiger charge is -2.36. The van der Waals surface area contributed by atoms with Crippen molar-refractivity contribution in [3.05, 3.63) is 24.3 Å². The number of likely N-dealkylation sites (tertiary alicyclic amines) is 1. The van der Waals surface area contributed by atoms with Crippen LogP contribution in [0.3, 0.4) is 0 Å². The van der Waals surface area contributed by atoms with Crippen molar-refractivity contribution in [3.8, 4) is 5.75 Å². The van der Waals surface area contributed by atoms with Crippen molar-refractivity contribution in [2.24, 2.45) is 16.6 Å². The number of methoxy groups -OCH3 is 1. The smallest absolute Gasteiger partial charge is 0.191 e. The van der Waals surface area contributed by atoms with E-state index in [0.29, 0.717) is 0 Å². The van der Waals surface area contributed by atoms with E-state index in [9.17, 15) is 0 Å².